The molecule has 5 N–H and O–H groups in total. The molecule has 0 spiro atoms. The highest BCUT2D eigenvalue weighted by Crippen LogP contribution is 2.38. The van der Waals surface area contributed by atoms with Gasteiger partial charge < -0.3 is 11.5 Å². The van der Waals surface area contributed by atoms with Crippen LogP contribution in [-0.4, -0.2) is 30.4 Å². The van der Waals surface area contributed by atoms with Crippen LogP contribution in [0.1, 0.15) is 37.3 Å². The molecule has 4 rings (SSSR count). The standard InChI is InChI=1S/C16H20BrN7/c1-23-8-10(6-20-23)12-7-21-24-15(19)13(17)14(22-16(12)24)9-3-2-4-11(18)5-9/h6-9,11H,2-5,18-19H2,1H3/p+1/t9-,11+/m1/s1. The van der Waals surface area contributed by atoms with Crippen molar-refractivity contribution >= 4 is 27.4 Å². The molecular weight excluding hydrogens is 370 g/mol. The van der Waals surface area contributed by atoms with Crippen LogP contribution in [0.2, 0.25) is 0 Å². The molecule has 0 bridgehead atoms. The minimum Gasteiger partial charge on any atom is -0.383 e. The number of nitrogen functional groups attached to an aromatic ring is 1. The van der Waals surface area contributed by atoms with Crippen molar-refractivity contribution in [3.05, 3.63) is 28.8 Å². The highest BCUT2D eigenvalue weighted by atomic mass is 79.9. The van der Waals surface area contributed by atoms with Crippen LogP contribution in [0, 0.1) is 0 Å². The Morgan fingerprint density at radius 2 is 2.12 bits per heavy atom. The zero-order valence-electron chi connectivity index (χ0n) is 13.6. The van der Waals surface area contributed by atoms with Crippen molar-refractivity contribution in [2.45, 2.75) is 37.6 Å². The van der Waals surface area contributed by atoms with Gasteiger partial charge in [0.1, 0.15) is 5.82 Å². The quantitative estimate of drug-likeness (QED) is 0.695. The molecule has 3 aromatic rings. The largest absolute Gasteiger partial charge is 0.383 e. The van der Waals surface area contributed by atoms with E-state index in [2.05, 4.69) is 31.9 Å². The SMILES string of the molecule is Cn1cc(-c2cnn3c(N)c(Br)c([C@@H]4CCC[C@H]([NH3+])C4)nc23)cn1. The topological polar surface area (TPSA) is 102 Å². The van der Waals surface area contributed by atoms with Gasteiger partial charge in [0.15, 0.2) is 5.65 Å². The van der Waals surface area contributed by atoms with Gasteiger partial charge in [0, 0.05) is 36.7 Å². The van der Waals surface area contributed by atoms with Crippen molar-refractivity contribution in [3.63, 3.8) is 0 Å². The summed E-state index contributed by atoms with van der Waals surface area (Å²) in [6.07, 6.45) is 10.1. The van der Waals surface area contributed by atoms with Crippen LogP contribution in [0.5, 0.6) is 0 Å². The number of quaternary nitrogens is 1. The molecular formula is C16H21BrN7+. The lowest BCUT2D eigenvalue weighted by atomic mass is 9.84. The Morgan fingerprint density at radius 3 is 2.83 bits per heavy atom. The summed E-state index contributed by atoms with van der Waals surface area (Å²) in [6, 6.07) is 0.484. The van der Waals surface area contributed by atoms with Gasteiger partial charge in [-0.1, -0.05) is 0 Å². The van der Waals surface area contributed by atoms with E-state index in [0.717, 1.165) is 39.8 Å². The Balaban J connectivity index is 1.87. The van der Waals surface area contributed by atoms with Crippen molar-refractivity contribution in [2.24, 2.45) is 7.05 Å². The molecule has 3 heterocycles. The summed E-state index contributed by atoms with van der Waals surface area (Å²) in [4.78, 5) is 4.95. The molecule has 0 amide bonds. The first kappa shape index (κ1) is 15.6. The maximum Gasteiger partial charge on any atom is 0.165 e. The lowest BCUT2D eigenvalue weighted by molar-refractivity contribution is -0.426. The Kier molecular flexibility index (Phi) is 3.80. The second kappa shape index (κ2) is 5.86. The van der Waals surface area contributed by atoms with E-state index in [-0.39, 0.29) is 0 Å². The lowest BCUT2D eigenvalue weighted by Gasteiger charge is -2.25. The summed E-state index contributed by atoms with van der Waals surface area (Å²) in [7, 11) is 1.90. The van der Waals surface area contributed by atoms with E-state index < -0.39 is 0 Å². The highest BCUT2D eigenvalue weighted by Gasteiger charge is 2.28. The minimum absolute atomic E-state index is 0.388. The van der Waals surface area contributed by atoms with Gasteiger partial charge in [-0.05, 0) is 35.2 Å². The molecule has 1 fully saturated rings. The first-order valence-electron chi connectivity index (χ1n) is 8.19. The van der Waals surface area contributed by atoms with Crippen molar-refractivity contribution in [2.75, 3.05) is 5.73 Å². The van der Waals surface area contributed by atoms with Gasteiger partial charge in [0.25, 0.3) is 0 Å². The summed E-state index contributed by atoms with van der Waals surface area (Å²) >= 11 is 3.64. The number of hydrogen-bond acceptors (Lipinski definition) is 4. The van der Waals surface area contributed by atoms with Crippen LogP contribution in [0.15, 0.2) is 23.1 Å². The summed E-state index contributed by atoms with van der Waals surface area (Å²) in [6.45, 7) is 0. The second-order valence-corrected chi connectivity index (χ2v) is 7.42. The van der Waals surface area contributed by atoms with Crippen LogP contribution < -0.4 is 11.5 Å². The smallest absolute Gasteiger partial charge is 0.165 e. The molecule has 126 valence electrons. The average molecular weight is 391 g/mol. The monoisotopic (exact) mass is 390 g/mol. The minimum atomic E-state index is 0.388. The zero-order chi connectivity index (χ0) is 16.8. The van der Waals surface area contributed by atoms with Gasteiger partial charge in [0.2, 0.25) is 0 Å². The first-order valence-corrected chi connectivity index (χ1v) is 8.98. The normalized spacial score (nSPS) is 21.5. The number of rotatable bonds is 2. The highest BCUT2D eigenvalue weighted by molar-refractivity contribution is 9.10. The zero-order valence-corrected chi connectivity index (χ0v) is 15.2. The Bertz CT molecular complexity index is 897. The second-order valence-electron chi connectivity index (χ2n) is 6.62. The van der Waals surface area contributed by atoms with E-state index in [9.17, 15) is 0 Å². The van der Waals surface area contributed by atoms with Crippen molar-refractivity contribution in [1.29, 1.82) is 0 Å². The number of aromatic nitrogens is 5. The number of fused-ring (bicyclic) bond motifs is 1. The Hall–Kier alpha value is -1.93. The van der Waals surface area contributed by atoms with Crippen LogP contribution in [0.25, 0.3) is 16.8 Å². The fraction of sp³-hybridized carbons (Fsp3) is 0.438. The van der Waals surface area contributed by atoms with E-state index in [1.54, 1.807) is 15.4 Å². The van der Waals surface area contributed by atoms with Crippen LogP contribution in [0.4, 0.5) is 5.82 Å². The molecule has 1 aliphatic carbocycles. The van der Waals surface area contributed by atoms with Crippen LogP contribution in [-0.2, 0) is 7.05 Å². The number of anilines is 1. The molecule has 3 aromatic heterocycles. The third kappa shape index (κ3) is 2.50. The fourth-order valence-corrected chi connectivity index (χ4v) is 4.17. The Labute approximate surface area is 148 Å². The van der Waals surface area contributed by atoms with Crippen molar-refractivity contribution in [3.8, 4) is 11.1 Å². The molecule has 0 unspecified atom stereocenters. The predicted octanol–water partition coefficient (Wildman–Crippen LogP) is 1.74. The van der Waals surface area contributed by atoms with Crippen LogP contribution >= 0.6 is 15.9 Å². The summed E-state index contributed by atoms with van der Waals surface area (Å²) in [5.74, 6) is 0.982. The summed E-state index contributed by atoms with van der Waals surface area (Å²) in [5.41, 5.74) is 14.3. The van der Waals surface area contributed by atoms with Gasteiger partial charge in [0.05, 0.1) is 28.6 Å². The fourth-order valence-electron chi connectivity index (χ4n) is 3.59. The van der Waals surface area contributed by atoms with E-state index >= 15 is 0 Å². The number of halogens is 1. The number of nitrogens with two attached hydrogens (primary N) is 1. The Morgan fingerprint density at radius 1 is 1.29 bits per heavy atom. The van der Waals surface area contributed by atoms with Gasteiger partial charge in [-0.25, -0.2) is 4.98 Å². The van der Waals surface area contributed by atoms with E-state index in [1.165, 1.54) is 12.8 Å². The number of hydrogen-bond donors (Lipinski definition) is 2. The third-order valence-corrected chi connectivity index (χ3v) is 5.65. The van der Waals surface area contributed by atoms with Gasteiger partial charge in [-0.2, -0.15) is 14.7 Å². The molecule has 0 aliphatic heterocycles. The molecule has 7 nitrogen and oxygen atoms in total. The maximum absolute atomic E-state index is 6.33. The molecule has 0 radical (unpaired) electrons. The first-order chi connectivity index (χ1) is 11.5. The molecule has 24 heavy (non-hydrogen) atoms. The van der Waals surface area contributed by atoms with E-state index in [0.29, 0.717) is 17.8 Å². The molecule has 1 saturated carbocycles. The number of aryl methyl sites for hydroxylation is 1. The van der Waals surface area contributed by atoms with Gasteiger partial charge in [-0.3, -0.25) is 4.68 Å². The van der Waals surface area contributed by atoms with E-state index in [4.69, 9.17) is 10.7 Å². The maximum atomic E-state index is 6.33. The molecule has 8 heteroatoms. The van der Waals surface area contributed by atoms with Gasteiger partial charge in [-0.15, -0.1) is 0 Å². The average Bonchev–Trinajstić information content (AvgIpc) is 3.16. The summed E-state index contributed by atoms with van der Waals surface area (Å²) < 4.78 is 4.33. The van der Waals surface area contributed by atoms with Crippen LogP contribution in [0.3, 0.4) is 0 Å². The molecule has 0 aromatic carbocycles. The third-order valence-electron chi connectivity index (χ3n) is 4.83. The predicted molar refractivity (Wildman–Crippen MR) is 95.2 cm³/mol. The molecule has 0 saturated heterocycles. The van der Waals surface area contributed by atoms with Crippen molar-refractivity contribution < 1.29 is 5.73 Å². The molecule has 1 aliphatic rings. The number of nitrogens with zero attached hydrogens (tertiary/aromatic N) is 5. The lowest BCUT2D eigenvalue weighted by Crippen LogP contribution is -2.62. The molecule has 2 atom stereocenters. The van der Waals surface area contributed by atoms with Gasteiger partial charge >= 0.3 is 0 Å². The van der Waals surface area contributed by atoms with Crippen molar-refractivity contribution in [1.82, 2.24) is 24.4 Å². The summed E-state index contributed by atoms with van der Waals surface area (Å²) in [5, 5.41) is 8.66. The van der Waals surface area contributed by atoms with E-state index in [1.807, 2.05) is 19.4 Å².